The highest BCUT2D eigenvalue weighted by atomic mass is 19.1. The van der Waals surface area contributed by atoms with Crippen LogP contribution >= 0.6 is 0 Å². The molecule has 0 spiro atoms. The van der Waals surface area contributed by atoms with Crippen molar-refractivity contribution < 1.29 is 14.4 Å². The molecule has 0 aliphatic heterocycles. The number of nitro benzene ring substituents is 1. The summed E-state index contributed by atoms with van der Waals surface area (Å²) < 4.78 is 15.5. The molecule has 8 nitrogen and oxygen atoms in total. The molecule has 4 aromatic rings. The fraction of sp³-hybridized carbons (Fsp3) is 0.0476. The number of nitrogens with one attached hydrogen (secondary N) is 1. The lowest BCUT2D eigenvalue weighted by molar-refractivity contribution is -0.385. The van der Waals surface area contributed by atoms with E-state index in [2.05, 4.69) is 10.4 Å². The summed E-state index contributed by atoms with van der Waals surface area (Å²) in [6.45, 7) is -0.130. The van der Waals surface area contributed by atoms with E-state index in [-0.39, 0.29) is 23.5 Å². The largest absolute Gasteiger partial charge is 0.502 e. The summed E-state index contributed by atoms with van der Waals surface area (Å²) in [5.41, 5.74) is 2.60. The maximum absolute atomic E-state index is 14.5. The zero-order chi connectivity index (χ0) is 21.3. The standard InChI is InChI=1S/C21H15FN4O4/c22-16-9-3-1-7-14(16)20-24-17-10-4-2-8-15(17)21(28)25(20)23-12-13-6-5-11-18(19(13)27)26(29)30/h1-11,23,27H,12H2. The van der Waals surface area contributed by atoms with Gasteiger partial charge in [0.15, 0.2) is 11.6 Å². The van der Waals surface area contributed by atoms with Gasteiger partial charge in [-0.2, -0.15) is 0 Å². The molecule has 0 fully saturated rings. The summed E-state index contributed by atoms with van der Waals surface area (Å²) in [6, 6.07) is 16.6. The van der Waals surface area contributed by atoms with Crippen LogP contribution in [0.25, 0.3) is 22.3 Å². The predicted octanol–water partition coefficient (Wildman–Crippen LogP) is 3.56. The first-order valence-electron chi connectivity index (χ1n) is 8.93. The average Bonchev–Trinajstić information content (AvgIpc) is 2.74. The molecule has 0 amide bonds. The minimum Gasteiger partial charge on any atom is -0.502 e. The SMILES string of the molecule is O=c1c2ccccc2nc(-c2ccccc2F)n1NCc1cccc([N+](=O)[O-])c1O. The molecule has 1 heterocycles. The Morgan fingerprint density at radius 3 is 2.57 bits per heavy atom. The fourth-order valence-corrected chi connectivity index (χ4v) is 3.13. The highest BCUT2D eigenvalue weighted by Crippen LogP contribution is 2.29. The lowest BCUT2D eigenvalue weighted by Gasteiger charge is -2.16. The molecule has 150 valence electrons. The van der Waals surface area contributed by atoms with E-state index < -0.39 is 27.7 Å². The summed E-state index contributed by atoms with van der Waals surface area (Å²) in [6.07, 6.45) is 0. The molecule has 0 saturated heterocycles. The van der Waals surface area contributed by atoms with Gasteiger partial charge in [0.2, 0.25) is 0 Å². The zero-order valence-corrected chi connectivity index (χ0v) is 15.4. The minimum absolute atomic E-state index is 0.0433. The van der Waals surface area contributed by atoms with Crippen LogP contribution in [-0.4, -0.2) is 19.7 Å². The van der Waals surface area contributed by atoms with Crippen LogP contribution < -0.4 is 11.0 Å². The number of hydrogen-bond donors (Lipinski definition) is 2. The number of aromatic hydroxyl groups is 1. The predicted molar refractivity (Wildman–Crippen MR) is 109 cm³/mol. The van der Waals surface area contributed by atoms with Crippen molar-refractivity contribution in [3.8, 4) is 17.1 Å². The van der Waals surface area contributed by atoms with Gasteiger partial charge < -0.3 is 10.5 Å². The van der Waals surface area contributed by atoms with Crippen molar-refractivity contribution in [1.82, 2.24) is 9.66 Å². The molecule has 0 unspecified atom stereocenters. The van der Waals surface area contributed by atoms with E-state index in [0.717, 1.165) is 4.68 Å². The summed E-state index contributed by atoms with van der Waals surface area (Å²) in [7, 11) is 0. The van der Waals surface area contributed by atoms with E-state index in [1.807, 2.05) is 0 Å². The lowest BCUT2D eigenvalue weighted by atomic mass is 10.1. The van der Waals surface area contributed by atoms with Crippen molar-refractivity contribution in [2.24, 2.45) is 0 Å². The number of fused-ring (bicyclic) bond motifs is 1. The van der Waals surface area contributed by atoms with Crippen molar-refractivity contribution in [2.45, 2.75) is 6.54 Å². The van der Waals surface area contributed by atoms with Crippen LogP contribution in [-0.2, 0) is 6.54 Å². The van der Waals surface area contributed by atoms with Gasteiger partial charge in [-0.25, -0.2) is 14.1 Å². The topological polar surface area (TPSA) is 110 Å². The van der Waals surface area contributed by atoms with Crippen molar-refractivity contribution in [2.75, 3.05) is 5.43 Å². The Labute approximate surface area is 169 Å². The molecule has 9 heteroatoms. The van der Waals surface area contributed by atoms with E-state index in [1.165, 1.54) is 36.4 Å². The molecule has 0 aliphatic carbocycles. The first-order chi connectivity index (χ1) is 14.5. The molecule has 1 aromatic heterocycles. The molecular formula is C21H15FN4O4. The summed E-state index contributed by atoms with van der Waals surface area (Å²) >= 11 is 0. The monoisotopic (exact) mass is 406 g/mol. The Hall–Kier alpha value is -4.27. The second-order valence-corrected chi connectivity index (χ2v) is 6.45. The quantitative estimate of drug-likeness (QED) is 0.387. The first-order valence-corrected chi connectivity index (χ1v) is 8.93. The van der Waals surface area contributed by atoms with E-state index in [4.69, 9.17) is 0 Å². The third-order valence-corrected chi connectivity index (χ3v) is 4.61. The number of halogens is 1. The van der Waals surface area contributed by atoms with Gasteiger partial charge in [0.05, 0.1) is 27.9 Å². The van der Waals surface area contributed by atoms with Gasteiger partial charge in [0.25, 0.3) is 5.56 Å². The smallest absolute Gasteiger partial charge is 0.311 e. The second-order valence-electron chi connectivity index (χ2n) is 6.45. The lowest BCUT2D eigenvalue weighted by Crippen LogP contribution is -2.31. The Morgan fingerprint density at radius 1 is 1.07 bits per heavy atom. The van der Waals surface area contributed by atoms with E-state index in [0.29, 0.717) is 10.9 Å². The molecule has 4 rings (SSSR count). The number of hydrogen-bond acceptors (Lipinski definition) is 6. The zero-order valence-electron chi connectivity index (χ0n) is 15.4. The number of phenols is 1. The van der Waals surface area contributed by atoms with Gasteiger partial charge in [-0.1, -0.05) is 36.4 Å². The van der Waals surface area contributed by atoms with Gasteiger partial charge in [-0.3, -0.25) is 14.9 Å². The van der Waals surface area contributed by atoms with E-state index >= 15 is 0 Å². The molecule has 0 radical (unpaired) electrons. The Morgan fingerprint density at radius 2 is 1.80 bits per heavy atom. The van der Waals surface area contributed by atoms with Crippen LogP contribution in [0.5, 0.6) is 5.75 Å². The molecule has 0 aliphatic rings. The number of nitro groups is 1. The number of aromatic nitrogens is 2. The first kappa shape index (κ1) is 19.1. The number of rotatable bonds is 5. The van der Waals surface area contributed by atoms with Crippen molar-refractivity contribution >= 4 is 16.6 Å². The van der Waals surface area contributed by atoms with Gasteiger partial charge in [-0.15, -0.1) is 0 Å². The van der Waals surface area contributed by atoms with E-state index in [1.54, 1.807) is 30.3 Å². The maximum Gasteiger partial charge on any atom is 0.311 e. The minimum atomic E-state index is -0.701. The summed E-state index contributed by atoms with van der Waals surface area (Å²) in [4.78, 5) is 27.9. The van der Waals surface area contributed by atoms with Gasteiger partial charge >= 0.3 is 5.69 Å². The molecule has 0 atom stereocenters. The van der Waals surface area contributed by atoms with Gasteiger partial charge in [0.1, 0.15) is 5.82 Å². The van der Waals surface area contributed by atoms with Crippen LogP contribution in [0.15, 0.2) is 71.5 Å². The van der Waals surface area contributed by atoms with Crippen LogP contribution in [0, 0.1) is 15.9 Å². The normalized spacial score (nSPS) is 10.8. The molecule has 2 N–H and O–H groups in total. The summed E-state index contributed by atoms with van der Waals surface area (Å²) in [5, 5.41) is 21.5. The highest BCUT2D eigenvalue weighted by Gasteiger charge is 2.18. The molecule has 0 bridgehead atoms. The average molecular weight is 406 g/mol. The maximum atomic E-state index is 14.5. The third-order valence-electron chi connectivity index (χ3n) is 4.61. The van der Waals surface area contributed by atoms with Crippen LogP contribution in [0.3, 0.4) is 0 Å². The third kappa shape index (κ3) is 3.32. The van der Waals surface area contributed by atoms with Crippen LogP contribution in [0.2, 0.25) is 0 Å². The molecule has 30 heavy (non-hydrogen) atoms. The number of phenolic OH excluding ortho intramolecular Hbond substituents is 1. The summed E-state index contributed by atoms with van der Waals surface area (Å²) in [5.74, 6) is -1.03. The van der Waals surface area contributed by atoms with Gasteiger partial charge in [0, 0.05) is 11.6 Å². The Balaban J connectivity index is 1.84. The van der Waals surface area contributed by atoms with Crippen molar-refractivity contribution in [3.05, 3.63) is 98.6 Å². The van der Waals surface area contributed by atoms with Crippen LogP contribution in [0.4, 0.5) is 10.1 Å². The number of para-hydroxylation sites is 2. The van der Waals surface area contributed by atoms with E-state index in [9.17, 15) is 24.4 Å². The fourth-order valence-electron chi connectivity index (χ4n) is 3.13. The van der Waals surface area contributed by atoms with Crippen molar-refractivity contribution in [1.29, 1.82) is 0 Å². The highest BCUT2D eigenvalue weighted by molar-refractivity contribution is 5.79. The number of benzene rings is 3. The number of nitrogens with zero attached hydrogens (tertiary/aromatic N) is 3. The molecule has 0 saturated carbocycles. The molecular weight excluding hydrogens is 391 g/mol. The van der Waals surface area contributed by atoms with Crippen LogP contribution in [0.1, 0.15) is 5.56 Å². The molecule has 3 aromatic carbocycles. The van der Waals surface area contributed by atoms with Crippen molar-refractivity contribution in [3.63, 3.8) is 0 Å². The van der Waals surface area contributed by atoms with Gasteiger partial charge in [-0.05, 0) is 24.3 Å². The Bertz CT molecular complexity index is 1340. The second kappa shape index (κ2) is 7.63. The Kier molecular flexibility index (Phi) is 4.85.